The standard InChI is InChI=1S/C16H21FN2O2.ClH/c1-21-15-3-2-13(17)8-14(15)16(20)19-6-4-11-9-18-10-12(11)5-7-19;/h2-3,8,11-12,18H,4-7,9-10H2,1H3;1H/t11-,12+;. The summed E-state index contributed by atoms with van der Waals surface area (Å²) < 4.78 is 18.6. The number of methoxy groups -OCH3 is 1. The molecule has 2 atom stereocenters. The summed E-state index contributed by atoms with van der Waals surface area (Å²) in [6, 6.07) is 4.10. The SMILES string of the molecule is COc1ccc(F)cc1C(=O)N1CC[C@@H]2CNC[C@@H]2CC1.Cl. The first-order valence-electron chi connectivity index (χ1n) is 7.52. The fourth-order valence-electron chi connectivity index (χ4n) is 3.44. The summed E-state index contributed by atoms with van der Waals surface area (Å²) >= 11 is 0. The molecule has 0 aromatic heterocycles. The third-order valence-corrected chi connectivity index (χ3v) is 4.70. The summed E-state index contributed by atoms with van der Waals surface area (Å²) in [5, 5.41) is 3.42. The Kier molecular flexibility index (Phi) is 5.64. The molecule has 2 fully saturated rings. The summed E-state index contributed by atoms with van der Waals surface area (Å²) in [5.41, 5.74) is 0.322. The predicted octanol–water partition coefficient (Wildman–Crippen LogP) is 2.33. The van der Waals surface area contributed by atoms with Crippen LogP contribution >= 0.6 is 12.4 Å². The van der Waals surface area contributed by atoms with Crippen LogP contribution in [0.2, 0.25) is 0 Å². The Morgan fingerprint density at radius 1 is 1.27 bits per heavy atom. The molecular weight excluding hydrogens is 307 g/mol. The van der Waals surface area contributed by atoms with Crippen molar-refractivity contribution in [1.29, 1.82) is 0 Å². The highest BCUT2D eigenvalue weighted by molar-refractivity contribution is 5.97. The number of nitrogens with zero attached hydrogens (tertiary/aromatic N) is 1. The van der Waals surface area contributed by atoms with Crippen LogP contribution in [-0.2, 0) is 0 Å². The number of rotatable bonds is 2. The topological polar surface area (TPSA) is 41.6 Å². The van der Waals surface area contributed by atoms with E-state index in [4.69, 9.17) is 4.74 Å². The van der Waals surface area contributed by atoms with Crippen LogP contribution in [0, 0.1) is 17.7 Å². The number of fused-ring (bicyclic) bond motifs is 1. The van der Waals surface area contributed by atoms with E-state index in [2.05, 4.69) is 5.32 Å². The molecule has 2 saturated heterocycles. The second-order valence-electron chi connectivity index (χ2n) is 5.89. The van der Waals surface area contributed by atoms with Crippen LogP contribution in [0.1, 0.15) is 23.2 Å². The Bertz CT molecular complexity index is 527. The van der Waals surface area contributed by atoms with Crippen LogP contribution in [0.25, 0.3) is 0 Å². The number of halogens is 2. The number of carbonyl (C=O) groups is 1. The predicted molar refractivity (Wildman–Crippen MR) is 85.2 cm³/mol. The highest BCUT2D eigenvalue weighted by atomic mass is 35.5. The lowest BCUT2D eigenvalue weighted by atomic mass is 9.92. The van der Waals surface area contributed by atoms with Gasteiger partial charge >= 0.3 is 0 Å². The molecule has 0 unspecified atom stereocenters. The molecule has 4 nitrogen and oxygen atoms in total. The van der Waals surface area contributed by atoms with Crippen molar-refractivity contribution in [2.75, 3.05) is 33.3 Å². The largest absolute Gasteiger partial charge is 0.496 e. The van der Waals surface area contributed by atoms with Gasteiger partial charge in [0.05, 0.1) is 12.7 Å². The van der Waals surface area contributed by atoms with Crippen molar-refractivity contribution >= 4 is 18.3 Å². The first kappa shape index (κ1) is 17.0. The van der Waals surface area contributed by atoms with Crippen molar-refractivity contribution in [2.45, 2.75) is 12.8 Å². The Balaban J connectivity index is 0.00000176. The molecule has 1 aromatic carbocycles. The van der Waals surface area contributed by atoms with Gasteiger partial charge in [-0.25, -0.2) is 4.39 Å². The maximum absolute atomic E-state index is 13.4. The summed E-state index contributed by atoms with van der Waals surface area (Å²) in [4.78, 5) is 14.5. The van der Waals surface area contributed by atoms with E-state index in [1.165, 1.54) is 25.3 Å². The highest BCUT2D eigenvalue weighted by Crippen LogP contribution is 2.29. The quantitative estimate of drug-likeness (QED) is 0.906. The van der Waals surface area contributed by atoms with Gasteiger partial charge in [-0.15, -0.1) is 12.4 Å². The molecule has 2 heterocycles. The van der Waals surface area contributed by atoms with E-state index in [0.29, 0.717) is 23.1 Å². The Morgan fingerprint density at radius 2 is 1.91 bits per heavy atom. The molecule has 22 heavy (non-hydrogen) atoms. The van der Waals surface area contributed by atoms with E-state index >= 15 is 0 Å². The maximum Gasteiger partial charge on any atom is 0.257 e. The fraction of sp³-hybridized carbons (Fsp3) is 0.562. The second-order valence-corrected chi connectivity index (χ2v) is 5.89. The normalized spacial score (nSPS) is 24.2. The zero-order chi connectivity index (χ0) is 14.8. The van der Waals surface area contributed by atoms with Gasteiger partial charge in [-0.3, -0.25) is 4.79 Å². The third-order valence-electron chi connectivity index (χ3n) is 4.70. The van der Waals surface area contributed by atoms with E-state index in [-0.39, 0.29) is 18.3 Å². The van der Waals surface area contributed by atoms with Gasteiger partial charge in [0.25, 0.3) is 5.91 Å². The number of likely N-dealkylation sites (tertiary alicyclic amines) is 1. The van der Waals surface area contributed by atoms with Crippen molar-refractivity contribution in [3.05, 3.63) is 29.6 Å². The van der Waals surface area contributed by atoms with Crippen molar-refractivity contribution in [3.8, 4) is 5.75 Å². The van der Waals surface area contributed by atoms with Crippen LogP contribution in [0.4, 0.5) is 4.39 Å². The highest BCUT2D eigenvalue weighted by Gasteiger charge is 2.32. The third kappa shape index (κ3) is 3.36. The molecule has 3 rings (SSSR count). The van der Waals surface area contributed by atoms with Crippen LogP contribution in [0.5, 0.6) is 5.75 Å². The molecule has 0 spiro atoms. The van der Waals surface area contributed by atoms with Crippen LogP contribution in [0.15, 0.2) is 18.2 Å². The number of hydrogen-bond donors (Lipinski definition) is 1. The second kappa shape index (κ2) is 7.29. The van der Waals surface area contributed by atoms with E-state index in [1.807, 2.05) is 4.90 Å². The average Bonchev–Trinajstić information content (AvgIpc) is 2.85. The Hall–Kier alpha value is -1.33. The molecule has 0 aliphatic carbocycles. The number of amides is 1. The summed E-state index contributed by atoms with van der Waals surface area (Å²) in [5.74, 6) is 1.23. The van der Waals surface area contributed by atoms with E-state index in [0.717, 1.165) is 39.0 Å². The molecule has 122 valence electrons. The minimum absolute atomic E-state index is 0. The van der Waals surface area contributed by atoms with E-state index < -0.39 is 5.82 Å². The first-order valence-corrected chi connectivity index (χ1v) is 7.52. The molecular formula is C16H22ClFN2O2. The lowest BCUT2D eigenvalue weighted by Crippen LogP contribution is -2.33. The summed E-state index contributed by atoms with van der Waals surface area (Å²) in [7, 11) is 1.50. The smallest absolute Gasteiger partial charge is 0.257 e. The minimum Gasteiger partial charge on any atom is -0.496 e. The molecule has 0 bridgehead atoms. The van der Waals surface area contributed by atoms with Gasteiger partial charge in [0.1, 0.15) is 11.6 Å². The van der Waals surface area contributed by atoms with Crippen LogP contribution in [-0.4, -0.2) is 44.1 Å². The summed E-state index contributed by atoms with van der Waals surface area (Å²) in [6.07, 6.45) is 2.03. The van der Waals surface area contributed by atoms with E-state index in [1.54, 1.807) is 0 Å². The number of nitrogens with one attached hydrogen (secondary N) is 1. The molecule has 1 N–H and O–H groups in total. The minimum atomic E-state index is -0.407. The number of carbonyl (C=O) groups excluding carboxylic acids is 1. The average molecular weight is 329 g/mol. The van der Waals surface area contributed by atoms with Gasteiger partial charge < -0.3 is 15.0 Å². The number of ether oxygens (including phenoxy) is 1. The van der Waals surface area contributed by atoms with Crippen molar-refractivity contribution in [2.24, 2.45) is 11.8 Å². The lowest BCUT2D eigenvalue weighted by Gasteiger charge is -2.22. The lowest BCUT2D eigenvalue weighted by molar-refractivity contribution is 0.0754. The molecule has 1 amide bonds. The number of hydrogen-bond acceptors (Lipinski definition) is 3. The number of benzene rings is 1. The van der Waals surface area contributed by atoms with Gasteiger partial charge in [-0.2, -0.15) is 0 Å². The van der Waals surface area contributed by atoms with Gasteiger partial charge in [-0.05, 0) is 56.0 Å². The Morgan fingerprint density at radius 3 is 2.50 bits per heavy atom. The van der Waals surface area contributed by atoms with Gasteiger partial charge in [-0.1, -0.05) is 0 Å². The molecule has 2 aliphatic rings. The Labute approximate surface area is 136 Å². The zero-order valence-electron chi connectivity index (χ0n) is 12.7. The molecule has 1 aromatic rings. The van der Waals surface area contributed by atoms with Crippen molar-refractivity contribution in [3.63, 3.8) is 0 Å². The monoisotopic (exact) mass is 328 g/mol. The molecule has 0 radical (unpaired) electrons. The van der Waals surface area contributed by atoms with Gasteiger partial charge in [0, 0.05) is 13.1 Å². The maximum atomic E-state index is 13.4. The van der Waals surface area contributed by atoms with Gasteiger partial charge in [0.2, 0.25) is 0 Å². The molecule has 2 aliphatic heterocycles. The first-order chi connectivity index (χ1) is 10.2. The fourth-order valence-corrected chi connectivity index (χ4v) is 3.44. The van der Waals surface area contributed by atoms with Gasteiger partial charge in [0.15, 0.2) is 0 Å². The van der Waals surface area contributed by atoms with Crippen molar-refractivity contribution in [1.82, 2.24) is 10.2 Å². The molecule has 0 saturated carbocycles. The zero-order valence-corrected chi connectivity index (χ0v) is 13.5. The van der Waals surface area contributed by atoms with Crippen LogP contribution in [0.3, 0.4) is 0 Å². The van der Waals surface area contributed by atoms with E-state index in [9.17, 15) is 9.18 Å². The summed E-state index contributed by atoms with van der Waals surface area (Å²) in [6.45, 7) is 3.58. The van der Waals surface area contributed by atoms with Crippen molar-refractivity contribution < 1.29 is 13.9 Å². The molecule has 6 heteroatoms. The van der Waals surface area contributed by atoms with Crippen LogP contribution < -0.4 is 10.1 Å².